The fraction of sp³-hybridized carbons (Fsp3) is 0.550. The van der Waals surface area contributed by atoms with Gasteiger partial charge in [0.2, 0.25) is 5.91 Å². The highest BCUT2D eigenvalue weighted by Gasteiger charge is 2.22. The SMILES string of the molecule is NC1=C(C(=O)NCCN2CCCCC2)CCN(Cc2ccc(Cl)cc2)C1. The van der Waals surface area contributed by atoms with E-state index in [1.807, 2.05) is 24.3 Å². The maximum atomic E-state index is 12.5. The molecule has 1 fully saturated rings. The monoisotopic (exact) mass is 376 g/mol. The first-order chi connectivity index (χ1) is 12.6. The van der Waals surface area contributed by atoms with E-state index in [0.717, 1.165) is 43.3 Å². The number of amides is 1. The lowest BCUT2D eigenvalue weighted by Gasteiger charge is -2.29. The van der Waals surface area contributed by atoms with Crippen molar-refractivity contribution in [2.24, 2.45) is 5.73 Å². The van der Waals surface area contributed by atoms with Gasteiger partial charge in [-0.3, -0.25) is 9.69 Å². The Morgan fingerprint density at radius 1 is 1.08 bits per heavy atom. The van der Waals surface area contributed by atoms with Crippen molar-refractivity contribution in [3.63, 3.8) is 0 Å². The Kier molecular flexibility index (Phi) is 6.94. The molecule has 0 saturated carbocycles. The minimum atomic E-state index is 0.00523. The van der Waals surface area contributed by atoms with Crippen molar-refractivity contribution in [1.82, 2.24) is 15.1 Å². The van der Waals surface area contributed by atoms with E-state index in [1.165, 1.54) is 24.8 Å². The lowest BCUT2D eigenvalue weighted by Crippen LogP contribution is -2.41. The third-order valence-electron chi connectivity index (χ3n) is 5.22. The third kappa shape index (κ3) is 5.47. The maximum Gasteiger partial charge on any atom is 0.249 e. The standard InChI is InChI=1S/C20H29ClN4O/c21-17-6-4-16(5-7-17)14-25-12-8-18(19(22)15-25)20(26)23-9-13-24-10-2-1-3-11-24/h4-7H,1-3,8-15,22H2,(H,23,26). The smallest absolute Gasteiger partial charge is 0.249 e. The highest BCUT2D eigenvalue weighted by Crippen LogP contribution is 2.18. The second-order valence-corrected chi connectivity index (χ2v) is 7.69. The molecule has 5 nitrogen and oxygen atoms in total. The second-order valence-electron chi connectivity index (χ2n) is 7.25. The van der Waals surface area contributed by atoms with Crippen LogP contribution < -0.4 is 11.1 Å². The maximum absolute atomic E-state index is 12.5. The van der Waals surface area contributed by atoms with Crippen molar-refractivity contribution in [2.75, 3.05) is 39.3 Å². The Morgan fingerprint density at radius 2 is 1.81 bits per heavy atom. The number of nitrogens with two attached hydrogens (primary N) is 1. The van der Waals surface area contributed by atoms with Gasteiger partial charge in [-0.1, -0.05) is 30.2 Å². The van der Waals surface area contributed by atoms with Crippen molar-refractivity contribution in [3.8, 4) is 0 Å². The van der Waals surface area contributed by atoms with Crippen LogP contribution in [0.25, 0.3) is 0 Å². The summed E-state index contributed by atoms with van der Waals surface area (Å²) in [5.74, 6) is 0.00523. The van der Waals surface area contributed by atoms with E-state index in [2.05, 4.69) is 15.1 Å². The third-order valence-corrected chi connectivity index (χ3v) is 5.47. The molecule has 0 aliphatic carbocycles. The molecule has 0 radical (unpaired) electrons. The van der Waals surface area contributed by atoms with Crippen LogP contribution in [0.2, 0.25) is 5.02 Å². The van der Waals surface area contributed by atoms with Crippen molar-refractivity contribution in [1.29, 1.82) is 0 Å². The van der Waals surface area contributed by atoms with E-state index in [0.29, 0.717) is 25.2 Å². The molecule has 3 N–H and O–H groups in total. The molecule has 1 aromatic rings. The van der Waals surface area contributed by atoms with Crippen LogP contribution in [0.5, 0.6) is 0 Å². The number of halogens is 1. The van der Waals surface area contributed by atoms with Crippen LogP contribution in [0.1, 0.15) is 31.2 Å². The van der Waals surface area contributed by atoms with Gasteiger partial charge >= 0.3 is 0 Å². The molecule has 0 bridgehead atoms. The molecule has 2 heterocycles. The van der Waals surface area contributed by atoms with E-state index >= 15 is 0 Å². The van der Waals surface area contributed by atoms with Crippen LogP contribution in [-0.4, -0.2) is 55.0 Å². The fourth-order valence-electron chi connectivity index (χ4n) is 3.71. The quantitative estimate of drug-likeness (QED) is 0.800. The van der Waals surface area contributed by atoms with Gasteiger partial charge in [-0.05, 0) is 50.0 Å². The number of rotatable bonds is 6. The molecule has 26 heavy (non-hydrogen) atoms. The molecule has 1 amide bonds. The van der Waals surface area contributed by atoms with Crippen LogP contribution in [0.3, 0.4) is 0 Å². The molecule has 0 spiro atoms. The van der Waals surface area contributed by atoms with Gasteiger partial charge in [0.15, 0.2) is 0 Å². The molecule has 0 aromatic heterocycles. The highest BCUT2D eigenvalue weighted by atomic mass is 35.5. The predicted octanol–water partition coefficient (Wildman–Crippen LogP) is 2.36. The Balaban J connectivity index is 1.45. The van der Waals surface area contributed by atoms with Gasteiger partial charge in [-0.25, -0.2) is 0 Å². The van der Waals surface area contributed by atoms with Gasteiger partial charge in [0.05, 0.1) is 0 Å². The largest absolute Gasteiger partial charge is 0.401 e. The van der Waals surface area contributed by atoms with Crippen LogP contribution >= 0.6 is 11.6 Å². The number of carbonyl (C=O) groups excluding carboxylic acids is 1. The van der Waals surface area contributed by atoms with E-state index in [1.54, 1.807) is 0 Å². The lowest BCUT2D eigenvalue weighted by molar-refractivity contribution is -0.117. The van der Waals surface area contributed by atoms with Gasteiger partial charge in [-0.2, -0.15) is 0 Å². The molecule has 3 rings (SSSR count). The summed E-state index contributed by atoms with van der Waals surface area (Å²) in [6.45, 7) is 6.24. The first kappa shape index (κ1) is 19.2. The van der Waals surface area contributed by atoms with E-state index < -0.39 is 0 Å². The zero-order valence-electron chi connectivity index (χ0n) is 15.3. The lowest BCUT2D eigenvalue weighted by atomic mass is 10.0. The molecular formula is C20H29ClN4O. The number of hydrogen-bond donors (Lipinski definition) is 2. The fourth-order valence-corrected chi connectivity index (χ4v) is 3.83. The van der Waals surface area contributed by atoms with E-state index in [4.69, 9.17) is 17.3 Å². The summed E-state index contributed by atoms with van der Waals surface area (Å²) in [5.41, 5.74) is 8.87. The normalized spacial score (nSPS) is 19.6. The summed E-state index contributed by atoms with van der Waals surface area (Å²) in [5, 5.41) is 3.79. The Labute approximate surface area is 161 Å². The summed E-state index contributed by atoms with van der Waals surface area (Å²) >= 11 is 5.93. The van der Waals surface area contributed by atoms with Gasteiger partial charge in [0, 0.05) is 49.0 Å². The molecule has 0 unspecified atom stereocenters. The van der Waals surface area contributed by atoms with Crippen LogP contribution in [-0.2, 0) is 11.3 Å². The summed E-state index contributed by atoms with van der Waals surface area (Å²) in [4.78, 5) is 17.1. The number of piperidine rings is 1. The Morgan fingerprint density at radius 3 is 2.50 bits per heavy atom. The molecular weight excluding hydrogens is 348 g/mol. The first-order valence-corrected chi connectivity index (χ1v) is 9.94. The first-order valence-electron chi connectivity index (χ1n) is 9.56. The molecule has 2 aliphatic rings. The average Bonchev–Trinajstić information content (AvgIpc) is 2.64. The van der Waals surface area contributed by atoms with Crippen LogP contribution in [0.4, 0.5) is 0 Å². The highest BCUT2D eigenvalue weighted by molar-refractivity contribution is 6.30. The summed E-state index contributed by atoms with van der Waals surface area (Å²) < 4.78 is 0. The molecule has 6 heteroatoms. The van der Waals surface area contributed by atoms with Crippen molar-refractivity contribution < 1.29 is 4.79 Å². The molecule has 142 valence electrons. The van der Waals surface area contributed by atoms with Crippen molar-refractivity contribution in [3.05, 3.63) is 46.1 Å². The minimum Gasteiger partial charge on any atom is -0.401 e. The topological polar surface area (TPSA) is 61.6 Å². The molecule has 1 aromatic carbocycles. The number of hydrogen-bond acceptors (Lipinski definition) is 4. The number of likely N-dealkylation sites (tertiary alicyclic amines) is 1. The van der Waals surface area contributed by atoms with Crippen LogP contribution in [0.15, 0.2) is 35.5 Å². The van der Waals surface area contributed by atoms with Crippen molar-refractivity contribution in [2.45, 2.75) is 32.2 Å². The minimum absolute atomic E-state index is 0.00523. The van der Waals surface area contributed by atoms with E-state index in [-0.39, 0.29) is 5.91 Å². The number of carbonyl (C=O) groups is 1. The van der Waals surface area contributed by atoms with Crippen LogP contribution in [0, 0.1) is 0 Å². The van der Waals surface area contributed by atoms with E-state index in [9.17, 15) is 4.79 Å². The molecule has 1 saturated heterocycles. The van der Waals surface area contributed by atoms with Gasteiger partial charge in [-0.15, -0.1) is 0 Å². The van der Waals surface area contributed by atoms with Crippen molar-refractivity contribution >= 4 is 17.5 Å². The second kappa shape index (κ2) is 9.40. The molecule has 2 aliphatic heterocycles. The number of nitrogens with zero attached hydrogens (tertiary/aromatic N) is 2. The summed E-state index contributed by atoms with van der Waals surface area (Å²) in [6.07, 6.45) is 4.58. The Bertz CT molecular complexity index is 638. The Hall–Kier alpha value is -1.56. The summed E-state index contributed by atoms with van der Waals surface area (Å²) in [7, 11) is 0. The number of benzene rings is 1. The zero-order valence-corrected chi connectivity index (χ0v) is 16.1. The summed E-state index contributed by atoms with van der Waals surface area (Å²) in [6, 6.07) is 7.87. The molecule has 0 atom stereocenters. The van der Waals surface area contributed by atoms with Gasteiger partial charge in [0.1, 0.15) is 0 Å². The predicted molar refractivity (Wildman–Crippen MR) is 106 cm³/mol. The average molecular weight is 377 g/mol. The van der Waals surface area contributed by atoms with Gasteiger partial charge < -0.3 is 16.0 Å². The number of nitrogens with one attached hydrogen (secondary N) is 1. The van der Waals surface area contributed by atoms with Gasteiger partial charge in [0.25, 0.3) is 0 Å². The zero-order chi connectivity index (χ0) is 18.4.